The topological polar surface area (TPSA) is 107 Å². The zero-order valence-electron chi connectivity index (χ0n) is 17.8. The lowest BCUT2D eigenvalue weighted by Gasteiger charge is -2.54. The van der Waals surface area contributed by atoms with Gasteiger partial charge in [0.05, 0.1) is 11.2 Å². The van der Waals surface area contributed by atoms with Crippen LogP contribution in [0.2, 0.25) is 5.02 Å². The lowest BCUT2D eigenvalue weighted by Crippen LogP contribution is -2.54. The van der Waals surface area contributed by atoms with Crippen molar-refractivity contribution in [3.05, 3.63) is 71.0 Å². The second-order valence-corrected chi connectivity index (χ2v) is 9.98. The molecule has 7 nitrogen and oxygen atoms in total. The maximum absolute atomic E-state index is 6.57. The van der Waals surface area contributed by atoms with Gasteiger partial charge >= 0.3 is 0 Å². The van der Waals surface area contributed by atoms with Crippen molar-refractivity contribution >= 4 is 46.2 Å². The lowest BCUT2D eigenvalue weighted by molar-refractivity contribution is 0.230. The summed E-state index contributed by atoms with van der Waals surface area (Å²) in [5.74, 6) is 1.19. The first-order chi connectivity index (χ1) is 16.0. The van der Waals surface area contributed by atoms with E-state index in [4.69, 9.17) is 28.1 Å². The fraction of sp³-hybridized carbons (Fsp3) is 0.250. The minimum Gasteiger partial charge on any atom is -0.382 e. The molecule has 0 saturated carbocycles. The number of anilines is 2. The van der Waals surface area contributed by atoms with E-state index in [1.165, 1.54) is 22.9 Å². The van der Waals surface area contributed by atoms with Gasteiger partial charge in [0.15, 0.2) is 5.65 Å². The molecule has 1 aliphatic carbocycles. The highest BCUT2D eigenvalue weighted by Crippen LogP contribution is 2.54. The van der Waals surface area contributed by atoms with Crippen molar-refractivity contribution in [1.82, 2.24) is 19.9 Å². The molecule has 4 N–H and O–H groups in total. The summed E-state index contributed by atoms with van der Waals surface area (Å²) < 4.78 is 0. The summed E-state index contributed by atoms with van der Waals surface area (Å²) in [7, 11) is 0. The van der Waals surface area contributed by atoms with Crippen LogP contribution in [0.1, 0.15) is 30.0 Å². The Balaban J connectivity index is 1.20. The molecule has 1 unspecified atom stereocenters. The average Bonchev–Trinajstić information content (AvgIpc) is 2.86. The van der Waals surface area contributed by atoms with E-state index in [-0.39, 0.29) is 11.5 Å². The van der Waals surface area contributed by atoms with Crippen LogP contribution in [0.15, 0.2) is 64.8 Å². The molecule has 3 aromatic heterocycles. The van der Waals surface area contributed by atoms with Gasteiger partial charge in [0.2, 0.25) is 0 Å². The summed E-state index contributed by atoms with van der Waals surface area (Å²) in [6.07, 6.45) is 5.49. The Morgan fingerprint density at radius 3 is 2.70 bits per heavy atom. The van der Waals surface area contributed by atoms with Gasteiger partial charge in [-0.2, -0.15) is 0 Å². The zero-order chi connectivity index (χ0) is 22.6. The minimum absolute atomic E-state index is 0.0999. The molecule has 4 aromatic rings. The number of aromatic nitrogens is 4. The minimum atomic E-state index is 0.0999. The third-order valence-electron chi connectivity index (χ3n) is 6.87. The highest BCUT2D eigenvalue weighted by Gasteiger charge is 2.50. The maximum Gasteiger partial charge on any atom is 0.179 e. The van der Waals surface area contributed by atoms with Gasteiger partial charge < -0.3 is 16.4 Å². The lowest BCUT2D eigenvalue weighted by atomic mass is 9.56. The van der Waals surface area contributed by atoms with Crippen LogP contribution in [0, 0.1) is 0 Å². The molecule has 1 aliphatic heterocycles. The molecular weight excluding hydrogens is 454 g/mol. The first kappa shape index (κ1) is 20.7. The molecule has 1 spiro atoms. The molecular formula is C24H22ClN7S. The number of hydrogen-bond acceptors (Lipinski definition) is 8. The highest BCUT2D eigenvalue weighted by molar-refractivity contribution is 7.99. The van der Waals surface area contributed by atoms with Gasteiger partial charge in [0.1, 0.15) is 22.2 Å². The number of nitrogen functional groups attached to an aromatic ring is 1. The predicted octanol–water partition coefficient (Wildman–Crippen LogP) is 4.36. The number of hydrogen-bond donors (Lipinski definition) is 2. The van der Waals surface area contributed by atoms with Gasteiger partial charge in [-0.1, -0.05) is 47.6 Å². The molecule has 6 rings (SSSR count). The van der Waals surface area contributed by atoms with Gasteiger partial charge in [-0.3, -0.25) is 0 Å². The normalized spacial score (nSPS) is 18.8. The Morgan fingerprint density at radius 1 is 1.03 bits per heavy atom. The smallest absolute Gasteiger partial charge is 0.179 e. The Labute approximate surface area is 200 Å². The molecule has 2 aliphatic rings. The van der Waals surface area contributed by atoms with Crippen molar-refractivity contribution in [2.75, 3.05) is 23.7 Å². The molecule has 9 heteroatoms. The molecule has 1 fully saturated rings. The van der Waals surface area contributed by atoms with E-state index in [1.54, 1.807) is 6.20 Å². The number of rotatable bonds is 3. The van der Waals surface area contributed by atoms with Gasteiger partial charge in [-0.15, -0.1) is 0 Å². The van der Waals surface area contributed by atoms with E-state index in [0.717, 1.165) is 47.2 Å². The van der Waals surface area contributed by atoms with E-state index in [1.807, 2.05) is 24.4 Å². The van der Waals surface area contributed by atoms with Crippen LogP contribution in [0.25, 0.3) is 11.2 Å². The van der Waals surface area contributed by atoms with Gasteiger partial charge in [-0.05, 0) is 42.2 Å². The van der Waals surface area contributed by atoms with Crippen LogP contribution >= 0.6 is 23.4 Å². The summed E-state index contributed by atoms with van der Waals surface area (Å²) in [5.41, 5.74) is 16.6. The fourth-order valence-electron chi connectivity index (χ4n) is 5.04. The predicted molar refractivity (Wildman–Crippen MR) is 132 cm³/mol. The summed E-state index contributed by atoms with van der Waals surface area (Å²) in [4.78, 5) is 21.2. The Bertz CT molecular complexity index is 1370. The highest BCUT2D eigenvalue weighted by atomic mass is 35.5. The van der Waals surface area contributed by atoms with E-state index in [0.29, 0.717) is 16.5 Å². The first-order valence-electron chi connectivity index (χ1n) is 10.9. The molecule has 0 amide bonds. The zero-order valence-corrected chi connectivity index (χ0v) is 19.4. The largest absolute Gasteiger partial charge is 0.382 e. The van der Waals surface area contributed by atoms with Crippen molar-refractivity contribution in [2.45, 2.75) is 34.2 Å². The number of benzene rings is 1. The molecule has 1 saturated heterocycles. The quantitative estimate of drug-likeness (QED) is 0.450. The van der Waals surface area contributed by atoms with Crippen LogP contribution in [0.5, 0.6) is 0 Å². The second kappa shape index (κ2) is 7.83. The number of fused-ring (bicyclic) bond motifs is 3. The van der Waals surface area contributed by atoms with E-state index in [9.17, 15) is 0 Å². The first-order valence-corrected chi connectivity index (χ1v) is 12.1. The molecule has 1 aromatic carbocycles. The van der Waals surface area contributed by atoms with Crippen LogP contribution < -0.4 is 16.4 Å². The SMILES string of the molecule is Nc1nccc(Sc2ccc3nc(N4CCC5(CC4)c4ccccc4C5N)cnc3n2)c1Cl. The third-order valence-corrected chi connectivity index (χ3v) is 8.37. The number of halogens is 1. The van der Waals surface area contributed by atoms with Crippen LogP contribution in [-0.4, -0.2) is 33.0 Å². The van der Waals surface area contributed by atoms with Gasteiger partial charge in [0.25, 0.3) is 0 Å². The monoisotopic (exact) mass is 475 g/mol. The van der Waals surface area contributed by atoms with E-state index >= 15 is 0 Å². The van der Waals surface area contributed by atoms with Crippen LogP contribution in [0.4, 0.5) is 11.6 Å². The van der Waals surface area contributed by atoms with Gasteiger partial charge in [0, 0.05) is 35.6 Å². The number of nitrogens with zero attached hydrogens (tertiary/aromatic N) is 5. The van der Waals surface area contributed by atoms with Crippen LogP contribution in [0.3, 0.4) is 0 Å². The number of nitrogens with two attached hydrogens (primary N) is 2. The Morgan fingerprint density at radius 2 is 1.85 bits per heavy atom. The van der Waals surface area contributed by atoms with Crippen molar-refractivity contribution in [3.8, 4) is 0 Å². The van der Waals surface area contributed by atoms with Crippen LogP contribution in [-0.2, 0) is 5.41 Å². The standard InChI is InChI=1S/C24H22ClN7S/c25-20-17(7-10-28-22(20)27)33-19-6-5-16-23(31-19)29-13-18(30-16)32-11-8-24(9-12-32)15-4-2-1-3-14(15)21(24)26/h1-7,10,13,21H,8-9,11-12,26H2,(H2,27,28). The summed E-state index contributed by atoms with van der Waals surface area (Å²) >= 11 is 7.69. The average molecular weight is 476 g/mol. The van der Waals surface area contributed by atoms with Crippen molar-refractivity contribution in [1.29, 1.82) is 0 Å². The molecule has 4 heterocycles. The summed E-state index contributed by atoms with van der Waals surface area (Å²) in [5, 5.41) is 1.21. The third kappa shape index (κ3) is 3.32. The molecule has 33 heavy (non-hydrogen) atoms. The molecule has 0 bridgehead atoms. The number of piperidine rings is 1. The Kier molecular flexibility index (Phi) is 4.90. The van der Waals surface area contributed by atoms with E-state index < -0.39 is 0 Å². The van der Waals surface area contributed by atoms with Crippen molar-refractivity contribution < 1.29 is 0 Å². The summed E-state index contributed by atoms with van der Waals surface area (Å²) in [6, 6.07) is 14.4. The molecule has 166 valence electrons. The van der Waals surface area contributed by atoms with E-state index in [2.05, 4.69) is 44.1 Å². The Hall–Kier alpha value is -2.94. The van der Waals surface area contributed by atoms with Crippen molar-refractivity contribution in [3.63, 3.8) is 0 Å². The van der Waals surface area contributed by atoms with Gasteiger partial charge in [-0.25, -0.2) is 19.9 Å². The molecule has 1 atom stereocenters. The fourth-order valence-corrected chi connectivity index (χ4v) is 6.09. The number of pyridine rings is 2. The molecule has 0 radical (unpaired) electrons. The second-order valence-electron chi connectivity index (χ2n) is 8.54. The maximum atomic E-state index is 6.57. The van der Waals surface area contributed by atoms with Crippen molar-refractivity contribution in [2.24, 2.45) is 5.73 Å². The summed E-state index contributed by atoms with van der Waals surface area (Å²) in [6.45, 7) is 1.82.